The van der Waals surface area contributed by atoms with Gasteiger partial charge in [-0.2, -0.15) is 0 Å². The molecule has 128 valence electrons. The van der Waals surface area contributed by atoms with Crippen LogP contribution < -0.4 is 5.32 Å². The lowest BCUT2D eigenvalue weighted by Gasteiger charge is -2.15. The molecule has 0 aliphatic rings. The molecule has 0 aliphatic carbocycles. The number of nitrogens with one attached hydrogen (secondary N) is 1. The Bertz CT molecular complexity index is 823. The van der Waals surface area contributed by atoms with Gasteiger partial charge in [-0.25, -0.2) is 0 Å². The molecule has 1 amide bonds. The lowest BCUT2D eigenvalue weighted by Crippen LogP contribution is -2.28. The Morgan fingerprint density at radius 2 is 1.84 bits per heavy atom. The van der Waals surface area contributed by atoms with Crippen LogP contribution in [0.5, 0.6) is 0 Å². The fourth-order valence-corrected chi connectivity index (χ4v) is 2.77. The molecule has 0 aliphatic heterocycles. The first-order valence-electron chi connectivity index (χ1n) is 8.54. The summed E-state index contributed by atoms with van der Waals surface area (Å²) in [4.78, 5) is 12.4. The Hall–Kier alpha value is -2.88. The summed E-state index contributed by atoms with van der Waals surface area (Å²) in [6, 6.07) is 19.8. The van der Waals surface area contributed by atoms with E-state index in [1.807, 2.05) is 49.4 Å². The first kappa shape index (κ1) is 17.0. The predicted octanol–water partition coefficient (Wildman–Crippen LogP) is 4.57. The van der Waals surface area contributed by atoms with Crippen molar-refractivity contribution >= 4 is 5.91 Å². The Morgan fingerprint density at radius 1 is 1.12 bits per heavy atom. The minimum Gasteiger partial charge on any atom is -0.355 e. The first-order chi connectivity index (χ1) is 12.2. The SMILES string of the molecule is CC[C@H](CNC(=O)c1cc(-c2ccc(C)cc2)on1)c1ccccc1. The van der Waals surface area contributed by atoms with E-state index in [2.05, 4.69) is 29.5 Å². The van der Waals surface area contributed by atoms with Crippen molar-refractivity contribution in [2.24, 2.45) is 0 Å². The maximum atomic E-state index is 12.4. The van der Waals surface area contributed by atoms with E-state index >= 15 is 0 Å². The number of aromatic nitrogens is 1. The van der Waals surface area contributed by atoms with Gasteiger partial charge in [0.25, 0.3) is 5.91 Å². The highest BCUT2D eigenvalue weighted by Gasteiger charge is 2.16. The monoisotopic (exact) mass is 334 g/mol. The fourth-order valence-electron chi connectivity index (χ4n) is 2.77. The molecule has 0 saturated heterocycles. The average molecular weight is 334 g/mol. The summed E-state index contributed by atoms with van der Waals surface area (Å²) in [6.45, 7) is 4.72. The number of carbonyl (C=O) groups excluding carboxylic acids is 1. The molecular formula is C21H22N2O2. The number of hydrogen-bond donors (Lipinski definition) is 1. The maximum absolute atomic E-state index is 12.4. The standard InChI is InChI=1S/C21H22N2O2/c1-3-16(17-7-5-4-6-8-17)14-22-21(24)19-13-20(25-23-19)18-11-9-15(2)10-12-18/h4-13,16H,3,14H2,1-2H3,(H,22,24)/t16-/m1/s1. The van der Waals surface area contributed by atoms with Crippen molar-refractivity contribution in [1.82, 2.24) is 10.5 Å². The molecule has 4 heteroatoms. The van der Waals surface area contributed by atoms with E-state index in [0.29, 0.717) is 18.0 Å². The van der Waals surface area contributed by atoms with Gasteiger partial charge in [-0.3, -0.25) is 4.79 Å². The molecule has 4 nitrogen and oxygen atoms in total. The third-order valence-electron chi connectivity index (χ3n) is 4.35. The summed E-state index contributed by atoms with van der Waals surface area (Å²) in [5, 5.41) is 6.87. The predicted molar refractivity (Wildman–Crippen MR) is 98.5 cm³/mol. The number of aryl methyl sites for hydroxylation is 1. The quantitative estimate of drug-likeness (QED) is 0.718. The fraction of sp³-hybridized carbons (Fsp3) is 0.238. The molecular weight excluding hydrogens is 312 g/mol. The van der Waals surface area contributed by atoms with E-state index < -0.39 is 0 Å². The zero-order valence-electron chi connectivity index (χ0n) is 14.5. The van der Waals surface area contributed by atoms with E-state index in [9.17, 15) is 4.79 Å². The molecule has 0 spiro atoms. The van der Waals surface area contributed by atoms with Gasteiger partial charge in [-0.1, -0.05) is 72.2 Å². The highest BCUT2D eigenvalue weighted by Crippen LogP contribution is 2.21. The summed E-state index contributed by atoms with van der Waals surface area (Å²) in [5.41, 5.74) is 3.62. The lowest BCUT2D eigenvalue weighted by atomic mass is 9.96. The van der Waals surface area contributed by atoms with Crippen LogP contribution in [0.3, 0.4) is 0 Å². The first-order valence-corrected chi connectivity index (χ1v) is 8.54. The van der Waals surface area contributed by atoms with Crippen LogP contribution in [0.1, 0.15) is 40.9 Å². The molecule has 3 aromatic rings. The van der Waals surface area contributed by atoms with Crippen molar-refractivity contribution in [3.63, 3.8) is 0 Å². The molecule has 0 bridgehead atoms. The van der Waals surface area contributed by atoms with Crippen molar-refractivity contribution in [2.45, 2.75) is 26.2 Å². The second-order valence-electron chi connectivity index (χ2n) is 6.17. The lowest BCUT2D eigenvalue weighted by molar-refractivity contribution is 0.0942. The number of amides is 1. The molecule has 2 aromatic carbocycles. The largest absolute Gasteiger partial charge is 0.355 e. The van der Waals surface area contributed by atoms with Crippen molar-refractivity contribution in [3.05, 3.63) is 77.5 Å². The van der Waals surface area contributed by atoms with Crippen LogP contribution in [0.4, 0.5) is 0 Å². The van der Waals surface area contributed by atoms with Gasteiger partial charge in [0.2, 0.25) is 0 Å². The molecule has 1 atom stereocenters. The van der Waals surface area contributed by atoms with Gasteiger partial charge >= 0.3 is 0 Å². The molecule has 25 heavy (non-hydrogen) atoms. The van der Waals surface area contributed by atoms with Gasteiger partial charge in [-0.15, -0.1) is 0 Å². The molecule has 1 N–H and O–H groups in total. The normalized spacial score (nSPS) is 11.9. The van der Waals surface area contributed by atoms with Gasteiger partial charge in [0, 0.05) is 24.1 Å². The number of benzene rings is 2. The smallest absolute Gasteiger partial charge is 0.273 e. The van der Waals surface area contributed by atoms with Crippen LogP contribution in [0.25, 0.3) is 11.3 Å². The van der Waals surface area contributed by atoms with E-state index in [1.165, 1.54) is 11.1 Å². The molecule has 0 saturated carbocycles. The van der Waals surface area contributed by atoms with Crippen LogP contribution in [0.15, 0.2) is 65.2 Å². The zero-order chi connectivity index (χ0) is 17.6. The second kappa shape index (κ2) is 7.79. The molecule has 3 rings (SSSR count). The highest BCUT2D eigenvalue weighted by atomic mass is 16.5. The van der Waals surface area contributed by atoms with Crippen molar-refractivity contribution in [2.75, 3.05) is 6.54 Å². The summed E-state index contributed by atoms with van der Waals surface area (Å²) in [6.07, 6.45) is 0.956. The third kappa shape index (κ3) is 4.15. The Balaban J connectivity index is 1.64. The topological polar surface area (TPSA) is 55.1 Å². The maximum Gasteiger partial charge on any atom is 0.273 e. The van der Waals surface area contributed by atoms with E-state index in [1.54, 1.807) is 6.07 Å². The van der Waals surface area contributed by atoms with E-state index in [-0.39, 0.29) is 11.8 Å². The zero-order valence-corrected chi connectivity index (χ0v) is 14.5. The molecule has 1 heterocycles. The Morgan fingerprint density at radius 3 is 2.52 bits per heavy atom. The Labute approximate surface area is 147 Å². The number of carbonyl (C=O) groups is 1. The molecule has 0 unspecified atom stereocenters. The van der Waals surface area contributed by atoms with Gasteiger partial charge in [0.05, 0.1) is 0 Å². The van der Waals surface area contributed by atoms with Gasteiger partial charge in [0.15, 0.2) is 11.5 Å². The third-order valence-corrected chi connectivity index (χ3v) is 4.35. The van der Waals surface area contributed by atoms with Gasteiger partial charge in [-0.05, 0) is 18.9 Å². The number of rotatable bonds is 6. The highest BCUT2D eigenvalue weighted by molar-refractivity contribution is 5.93. The summed E-state index contributed by atoms with van der Waals surface area (Å²) >= 11 is 0. The van der Waals surface area contributed by atoms with Gasteiger partial charge in [0.1, 0.15) is 0 Å². The van der Waals surface area contributed by atoms with Crippen LogP contribution in [0.2, 0.25) is 0 Å². The van der Waals surface area contributed by atoms with Crippen LogP contribution >= 0.6 is 0 Å². The molecule has 1 aromatic heterocycles. The van der Waals surface area contributed by atoms with Crippen LogP contribution in [-0.2, 0) is 0 Å². The summed E-state index contributed by atoms with van der Waals surface area (Å²) in [5.74, 6) is 0.672. The van der Waals surface area contributed by atoms with Gasteiger partial charge < -0.3 is 9.84 Å². The van der Waals surface area contributed by atoms with Crippen LogP contribution in [0, 0.1) is 6.92 Å². The second-order valence-corrected chi connectivity index (χ2v) is 6.17. The average Bonchev–Trinajstić information content (AvgIpc) is 3.14. The minimum absolute atomic E-state index is 0.212. The molecule has 0 fully saturated rings. The number of hydrogen-bond acceptors (Lipinski definition) is 3. The van der Waals surface area contributed by atoms with Crippen molar-refractivity contribution < 1.29 is 9.32 Å². The van der Waals surface area contributed by atoms with E-state index in [4.69, 9.17) is 4.52 Å². The van der Waals surface area contributed by atoms with Crippen molar-refractivity contribution in [3.8, 4) is 11.3 Å². The van der Waals surface area contributed by atoms with Crippen LogP contribution in [-0.4, -0.2) is 17.6 Å². The summed E-state index contributed by atoms with van der Waals surface area (Å²) in [7, 11) is 0. The van der Waals surface area contributed by atoms with E-state index in [0.717, 1.165) is 12.0 Å². The molecule has 0 radical (unpaired) electrons. The minimum atomic E-state index is -0.212. The van der Waals surface area contributed by atoms with Crippen molar-refractivity contribution in [1.29, 1.82) is 0 Å². The summed E-state index contributed by atoms with van der Waals surface area (Å²) < 4.78 is 5.32. The Kier molecular flexibility index (Phi) is 5.29. The number of nitrogens with zero attached hydrogens (tertiary/aromatic N) is 1.